The van der Waals surface area contributed by atoms with Crippen molar-refractivity contribution in [1.29, 1.82) is 0 Å². The Morgan fingerprint density at radius 1 is 1.26 bits per heavy atom. The highest BCUT2D eigenvalue weighted by atomic mass is 32.2. The number of aromatic nitrogens is 1. The van der Waals surface area contributed by atoms with E-state index >= 15 is 0 Å². The average molecular weight is 404 g/mol. The Kier molecular flexibility index (Phi) is 4.59. The van der Waals surface area contributed by atoms with Crippen LogP contribution in [0.2, 0.25) is 0 Å². The van der Waals surface area contributed by atoms with Crippen molar-refractivity contribution in [2.45, 2.75) is 11.3 Å². The fourth-order valence-corrected chi connectivity index (χ4v) is 3.82. The maximum Gasteiger partial charge on any atom is 0.573 e. The number of carboxylic acids is 1. The van der Waals surface area contributed by atoms with Gasteiger partial charge in [-0.2, -0.15) is 0 Å². The highest BCUT2D eigenvalue weighted by Crippen LogP contribution is 2.35. The molecule has 0 atom stereocenters. The molecule has 1 N–H and O–H groups in total. The summed E-state index contributed by atoms with van der Waals surface area (Å²) in [4.78, 5) is 14.6. The lowest BCUT2D eigenvalue weighted by atomic mass is 10.2. The molecule has 0 fully saturated rings. The smallest absolute Gasteiger partial charge is 0.478 e. The van der Waals surface area contributed by atoms with Crippen molar-refractivity contribution in [2.75, 3.05) is 17.5 Å². The Balaban J connectivity index is 1.97. The Bertz CT molecular complexity index is 976. The summed E-state index contributed by atoms with van der Waals surface area (Å²) < 4.78 is 72.2. The fraction of sp³-hybridized carbons (Fsp3) is 0.200. The molecule has 3 rings (SSSR count). The number of alkyl halides is 3. The molecule has 27 heavy (non-hydrogen) atoms. The first-order valence-electron chi connectivity index (χ1n) is 7.32. The van der Waals surface area contributed by atoms with Gasteiger partial charge in [-0.1, -0.05) is 0 Å². The number of benzene rings is 1. The van der Waals surface area contributed by atoms with Crippen molar-refractivity contribution >= 4 is 21.7 Å². The Hall–Kier alpha value is -3.02. The number of fused-ring (bicyclic) bond motifs is 1. The van der Waals surface area contributed by atoms with E-state index in [1.165, 1.54) is 0 Å². The highest BCUT2D eigenvalue weighted by molar-refractivity contribution is 7.92. The molecule has 12 heteroatoms. The topological polar surface area (TPSA) is 106 Å². The van der Waals surface area contributed by atoms with E-state index < -0.39 is 28.1 Å². The third-order valence-corrected chi connectivity index (χ3v) is 5.35. The number of hydrogen-bond acceptors (Lipinski definition) is 6. The van der Waals surface area contributed by atoms with Crippen LogP contribution in [0, 0.1) is 0 Å². The summed E-state index contributed by atoms with van der Waals surface area (Å²) in [6.07, 6.45) is -3.87. The van der Waals surface area contributed by atoms with Gasteiger partial charge in [0, 0.05) is 6.20 Å². The zero-order valence-corrected chi connectivity index (χ0v) is 14.1. The number of ether oxygens (including phenoxy) is 2. The number of rotatable bonds is 4. The van der Waals surface area contributed by atoms with Crippen LogP contribution in [0.3, 0.4) is 0 Å². The normalized spacial score (nSPS) is 14.3. The van der Waals surface area contributed by atoms with Gasteiger partial charge in [0.15, 0.2) is 0 Å². The molecule has 144 valence electrons. The van der Waals surface area contributed by atoms with Crippen LogP contribution >= 0.6 is 0 Å². The number of carbonyl (C=O) groups is 1. The Morgan fingerprint density at radius 2 is 1.93 bits per heavy atom. The minimum atomic E-state index is -4.90. The molecule has 0 unspecified atom stereocenters. The lowest BCUT2D eigenvalue weighted by molar-refractivity contribution is -0.274. The lowest BCUT2D eigenvalue weighted by Gasteiger charge is -2.29. The number of sulfonamides is 1. The largest absolute Gasteiger partial charge is 0.573 e. The number of anilines is 1. The van der Waals surface area contributed by atoms with Crippen molar-refractivity contribution in [1.82, 2.24) is 4.98 Å². The molecule has 0 spiro atoms. The first-order chi connectivity index (χ1) is 12.6. The molecule has 0 aliphatic carbocycles. The van der Waals surface area contributed by atoms with Crippen molar-refractivity contribution in [3.05, 3.63) is 42.1 Å². The number of carboxylic acid groups (broad SMARTS) is 1. The van der Waals surface area contributed by atoms with Crippen LogP contribution in [0.5, 0.6) is 11.6 Å². The summed E-state index contributed by atoms with van der Waals surface area (Å²) in [6, 6.07) is 4.75. The first-order valence-corrected chi connectivity index (χ1v) is 8.76. The van der Waals surface area contributed by atoms with Crippen LogP contribution in [-0.4, -0.2) is 44.0 Å². The summed E-state index contributed by atoms with van der Waals surface area (Å²) in [6.45, 7) is -0.151. The zero-order chi connectivity index (χ0) is 19.8. The minimum absolute atomic E-state index is 0.0269. The number of halogens is 3. The van der Waals surface area contributed by atoms with Gasteiger partial charge in [-0.15, -0.1) is 13.2 Å². The van der Waals surface area contributed by atoms with Gasteiger partial charge < -0.3 is 14.6 Å². The lowest BCUT2D eigenvalue weighted by Crippen LogP contribution is -2.38. The quantitative estimate of drug-likeness (QED) is 0.833. The van der Waals surface area contributed by atoms with Crippen molar-refractivity contribution in [2.24, 2.45) is 0 Å². The first kappa shape index (κ1) is 18.8. The Morgan fingerprint density at radius 3 is 2.52 bits per heavy atom. The molecule has 1 aromatic carbocycles. The SMILES string of the molecule is O=C(O)c1cnc2c(c1)N(S(=O)(=O)c1ccc(OC(F)(F)F)cc1)CCO2. The van der Waals surface area contributed by atoms with Crippen LogP contribution in [0.4, 0.5) is 18.9 Å². The molecule has 0 saturated heterocycles. The van der Waals surface area contributed by atoms with Crippen LogP contribution in [-0.2, 0) is 10.0 Å². The standard InChI is InChI=1S/C15H11F3N2O6S/c16-15(17,18)26-10-1-3-11(4-2-10)27(23,24)20-5-6-25-13-12(20)7-9(8-19-13)14(21)22/h1-4,7-8H,5-6H2,(H,21,22). The maximum atomic E-state index is 12.9. The molecule has 0 bridgehead atoms. The van der Waals surface area contributed by atoms with Crippen LogP contribution in [0.15, 0.2) is 41.4 Å². The van der Waals surface area contributed by atoms with Crippen LogP contribution < -0.4 is 13.8 Å². The van der Waals surface area contributed by atoms with Gasteiger partial charge in [0.25, 0.3) is 10.0 Å². The number of pyridine rings is 1. The van der Waals surface area contributed by atoms with Crippen molar-refractivity contribution < 1.29 is 41.0 Å². The molecular weight excluding hydrogens is 393 g/mol. The molecule has 0 saturated carbocycles. The van der Waals surface area contributed by atoms with E-state index in [1.807, 2.05) is 0 Å². The van der Waals surface area contributed by atoms with Crippen molar-refractivity contribution in [3.63, 3.8) is 0 Å². The van der Waals surface area contributed by atoms with Crippen LogP contribution in [0.25, 0.3) is 0 Å². The monoisotopic (exact) mass is 404 g/mol. The molecule has 8 nitrogen and oxygen atoms in total. The average Bonchev–Trinajstić information content (AvgIpc) is 2.59. The van der Waals surface area contributed by atoms with E-state index in [2.05, 4.69) is 9.72 Å². The summed E-state index contributed by atoms with van der Waals surface area (Å²) >= 11 is 0. The van der Waals surface area contributed by atoms with E-state index in [1.54, 1.807) is 0 Å². The number of aromatic carboxylic acids is 1. The Labute approximate surface area is 150 Å². The van der Waals surface area contributed by atoms with E-state index in [4.69, 9.17) is 9.84 Å². The zero-order valence-electron chi connectivity index (χ0n) is 13.3. The predicted molar refractivity (Wildman–Crippen MR) is 84.3 cm³/mol. The van der Waals surface area contributed by atoms with E-state index in [0.29, 0.717) is 0 Å². The third-order valence-electron chi connectivity index (χ3n) is 3.53. The third kappa shape index (κ3) is 3.89. The van der Waals surface area contributed by atoms with Gasteiger partial charge in [0.2, 0.25) is 5.88 Å². The predicted octanol–water partition coefficient (Wildman–Crippen LogP) is 2.27. The van der Waals surface area contributed by atoms with Gasteiger partial charge in [0.05, 0.1) is 17.0 Å². The van der Waals surface area contributed by atoms with Crippen molar-refractivity contribution in [3.8, 4) is 11.6 Å². The van der Waals surface area contributed by atoms with Crippen LogP contribution in [0.1, 0.15) is 10.4 Å². The second-order valence-corrected chi connectivity index (χ2v) is 7.16. The summed E-state index contributed by atoms with van der Waals surface area (Å²) in [5.74, 6) is -1.94. The minimum Gasteiger partial charge on any atom is -0.478 e. The van der Waals surface area contributed by atoms with Gasteiger partial charge in [-0.05, 0) is 30.3 Å². The summed E-state index contributed by atoms with van der Waals surface area (Å²) in [7, 11) is -4.19. The molecule has 2 heterocycles. The van der Waals surface area contributed by atoms with Gasteiger partial charge in [-0.3, -0.25) is 4.31 Å². The molecule has 0 amide bonds. The number of hydrogen-bond donors (Lipinski definition) is 1. The summed E-state index contributed by atoms with van der Waals surface area (Å²) in [5, 5.41) is 9.06. The molecule has 0 radical (unpaired) electrons. The second-order valence-electron chi connectivity index (χ2n) is 5.30. The number of nitrogens with zero attached hydrogens (tertiary/aromatic N) is 2. The van der Waals surface area contributed by atoms with E-state index in [-0.39, 0.29) is 35.2 Å². The van der Waals surface area contributed by atoms with E-state index in [0.717, 1.165) is 40.8 Å². The molecule has 1 aromatic heterocycles. The fourth-order valence-electron chi connectivity index (χ4n) is 2.38. The summed E-state index contributed by atoms with van der Waals surface area (Å²) in [5.41, 5.74) is -0.315. The van der Waals surface area contributed by atoms with Gasteiger partial charge >= 0.3 is 12.3 Å². The van der Waals surface area contributed by atoms with E-state index in [9.17, 15) is 26.4 Å². The second kappa shape index (κ2) is 6.61. The molecular formula is C15H11F3N2O6S. The molecule has 2 aromatic rings. The van der Waals surface area contributed by atoms with Gasteiger partial charge in [0.1, 0.15) is 18.0 Å². The molecule has 1 aliphatic heterocycles. The maximum absolute atomic E-state index is 12.9. The van der Waals surface area contributed by atoms with Gasteiger partial charge in [-0.25, -0.2) is 18.2 Å². The molecule has 1 aliphatic rings. The highest BCUT2D eigenvalue weighted by Gasteiger charge is 2.33.